The first-order valence-electron chi connectivity index (χ1n) is 8.03. The Kier molecular flexibility index (Phi) is 4.32. The van der Waals surface area contributed by atoms with Gasteiger partial charge in [-0.25, -0.2) is 0 Å². The number of hydrogen-bond acceptors (Lipinski definition) is 2. The molecule has 1 aliphatic rings. The summed E-state index contributed by atoms with van der Waals surface area (Å²) in [6, 6.07) is 19.8. The van der Waals surface area contributed by atoms with Crippen LogP contribution >= 0.6 is 0 Å². The average Bonchev–Trinajstić information content (AvgIpc) is 2.55. The Hall–Kier alpha value is -1.64. The molecule has 0 radical (unpaired) electrons. The molecule has 2 heteroatoms. The number of fused-ring (bicyclic) bond motifs is 1. The second-order valence-corrected chi connectivity index (χ2v) is 6.61. The number of rotatable bonds is 4. The zero-order chi connectivity index (χ0) is 15.6. The highest BCUT2D eigenvalue weighted by Gasteiger charge is 2.38. The van der Waals surface area contributed by atoms with Crippen LogP contribution < -0.4 is 0 Å². The molecule has 0 N–H and O–H groups in total. The van der Waals surface area contributed by atoms with E-state index in [0.717, 1.165) is 19.5 Å². The van der Waals surface area contributed by atoms with Crippen LogP contribution in [0.15, 0.2) is 54.6 Å². The third-order valence-electron chi connectivity index (χ3n) is 4.80. The lowest BCUT2D eigenvalue weighted by Gasteiger charge is -2.45. The fraction of sp³-hybridized carbons (Fsp3) is 0.400. The Morgan fingerprint density at radius 1 is 1.05 bits per heavy atom. The van der Waals surface area contributed by atoms with E-state index in [1.807, 2.05) is 7.11 Å². The van der Waals surface area contributed by atoms with E-state index >= 15 is 0 Å². The fourth-order valence-electron chi connectivity index (χ4n) is 3.53. The molecule has 22 heavy (non-hydrogen) atoms. The lowest BCUT2D eigenvalue weighted by Crippen LogP contribution is -2.46. The van der Waals surface area contributed by atoms with Gasteiger partial charge in [0.1, 0.15) is 0 Å². The van der Waals surface area contributed by atoms with E-state index < -0.39 is 0 Å². The van der Waals surface area contributed by atoms with Crippen LogP contribution in [0.3, 0.4) is 0 Å². The van der Waals surface area contributed by atoms with Gasteiger partial charge in [-0.1, -0.05) is 54.6 Å². The molecule has 2 aromatic rings. The summed E-state index contributed by atoms with van der Waals surface area (Å²) in [5.74, 6) is 0. The predicted molar refractivity (Wildman–Crippen MR) is 90.8 cm³/mol. The van der Waals surface area contributed by atoms with Crippen LogP contribution in [-0.2, 0) is 17.7 Å². The standard InChI is InChI=1S/C20H25NO/c1-20(2,22-3)19-18-12-8-7-11-17(18)13-14-21(19)15-16-9-5-4-6-10-16/h4-12,19H,13-15H2,1-3H3. The molecule has 2 nitrogen and oxygen atoms in total. The first-order chi connectivity index (χ1) is 10.6. The molecule has 1 aliphatic heterocycles. The van der Waals surface area contributed by atoms with Crippen molar-refractivity contribution in [2.24, 2.45) is 0 Å². The number of ether oxygens (including phenoxy) is 1. The van der Waals surface area contributed by atoms with Gasteiger partial charge in [0.2, 0.25) is 0 Å². The van der Waals surface area contributed by atoms with Gasteiger partial charge in [-0.2, -0.15) is 0 Å². The summed E-state index contributed by atoms with van der Waals surface area (Å²) in [6.07, 6.45) is 1.11. The molecule has 0 spiro atoms. The smallest absolute Gasteiger partial charge is 0.0818 e. The lowest BCUT2D eigenvalue weighted by atomic mass is 9.83. The molecule has 2 aromatic carbocycles. The van der Waals surface area contributed by atoms with Gasteiger partial charge < -0.3 is 4.74 Å². The highest BCUT2D eigenvalue weighted by atomic mass is 16.5. The van der Waals surface area contributed by atoms with Crippen LogP contribution in [-0.4, -0.2) is 24.2 Å². The van der Waals surface area contributed by atoms with Crippen molar-refractivity contribution < 1.29 is 4.74 Å². The van der Waals surface area contributed by atoms with Gasteiger partial charge in [-0.3, -0.25) is 4.90 Å². The molecule has 0 fully saturated rings. The van der Waals surface area contributed by atoms with E-state index in [2.05, 4.69) is 73.3 Å². The van der Waals surface area contributed by atoms with E-state index in [0.29, 0.717) is 0 Å². The normalized spacial score (nSPS) is 19.0. The predicted octanol–water partition coefficient (Wildman–Crippen LogP) is 4.21. The number of hydrogen-bond donors (Lipinski definition) is 0. The van der Waals surface area contributed by atoms with Gasteiger partial charge in [0.05, 0.1) is 11.6 Å². The summed E-state index contributed by atoms with van der Waals surface area (Å²) in [7, 11) is 1.82. The van der Waals surface area contributed by atoms with Crippen molar-refractivity contribution in [1.82, 2.24) is 4.90 Å². The average molecular weight is 295 g/mol. The maximum absolute atomic E-state index is 5.86. The summed E-state index contributed by atoms with van der Waals surface area (Å²) in [4.78, 5) is 2.56. The van der Waals surface area contributed by atoms with Gasteiger partial charge in [-0.05, 0) is 37.0 Å². The third kappa shape index (κ3) is 2.94. The molecule has 0 bridgehead atoms. The molecule has 0 saturated heterocycles. The van der Waals surface area contributed by atoms with Gasteiger partial charge >= 0.3 is 0 Å². The Morgan fingerprint density at radius 2 is 1.73 bits per heavy atom. The zero-order valence-corrected chi connectivity index (χ0v) is 13.8. The quantitative estimate of drug-likeness (QED) is 0.837. The van der Waals surface area contributed by atoms with Gasteiger partial charge in [-0.15, -0.1) is 0 Å². The minimum Gasteiger partial charge on any atom is -0.377 e. The van der Waals surface area contributed by atoms with Gasteiger partial charge in [0.25, 0.3) is 0 Å². The van der Waals surface area contributed by atoms with Crippen LogP contribution in [0.1, 0.15) is 36.6 Å². The van der Waals surface area contributed by atoms with Gasteiger partial charge in [0, 0.05) is 20.2 Å². The molecule has 0 amide bonds. The topological polar surface area (TPSA) is 12.5 Å². The van der Waals surface area contributed by atoms with E-state index in [1.54, 1.807) is 0 Å². The van der Waals surface area contributed by atoms with Crippen molar-refractivity contribution in [1.29, 1.82) is 0 Å². The SMILES string of the molecule is COC(C)(C)C1c2ccccc2CCN1Cc1ccccc1. The molecular formula is C20H25NO. The highest BCUT2D eigenvalue weighted by Crippen LogP contribution is 2.39. The van der Waals surface area contributed by atoms with E-state index in [4.69, 9.17) is 4.74 Å². The van der Waals surface area contributed by atoms with Crippen LogP contribution in [0.2, 0.25) is 0 Å². The summed E-state index contributed by atoms with van der Waals surface area (Å²) < 4.78 is 5.86. The third-order valence-corrected chi connectivity index (χ3v) is 4.80. The molecule has 3 rings (SSSR count). The molecule has 0 saturated carbocycles. The lowest BCUT2D eigenvalue weighted by molar-refractivity contribution is -0.0616. The van der Waals surface area contributed by atoms with Crippen molar-refractivity contribution in [3.8, 4) is 0 Å². The molecule has 1 unspecified atom stereocenters. The van der Waals surface area contributed by atoms with Crippen LogP contribution in [0.4, 0.5) is 0 Å². The summed E-state index contributed by atoms with van der Waals surface area (Å²) in [5.41, 5.74) is 4.02. The molecule has 116 valence electrons. The monoisotopic (exact) mass is 295 g/mol. The summed E-state index contributed by atoms with van der Waals surface area (Å²) >= 11 is 0. The minimum atomic E-state index is -0.217. The first kappa shape index (κ1) is 15.3. The maximum atomic E-state index is 5.86. The Morgan fingerprint density at radius 3 is 2.45 bits per heavy atom. The Balaban J connectivity index is 1.96. The minimum absolute atomic E-state index is 0.217. The van der Waals surface area contributed by atoms with Crippen LogP contribution in [0.25, 0.3) is 0 Å². The van der Waals surface area contributed by atoms with Crippen molar-refractivity contribution in [3.63, 3.8) is 0 Å². The number of nitrogens with zero attached hydrogens (tertiary/aromatic N) is 1. The zero-order valence-electron chi connectivity index (χ0n) is 13.8. The van der Waals surface area contributed by atoms with Crippen LogP contribution in [0, 0.1) is 0 Å². The van der Waals surface area contributed by atoms with E-state index in [9.17, 15) is 0 Å². The van der Waals surface area contributed by atoms with Crippen molar-refractivity contribution >= 4 is 0 Å². The van der Waals surface area contributed by atoms with Crippen LogP contribution in [0.5, 0.6) is 0 Å². The van der Waals surface area contributed by atoms with Crippen molar-refractivity contribution in [2.45, 2.75) is 38.5 Å². The molecule has 0 aromatic heterocycles. The van der Waals surface area contributed by atoms with Crippen molar-refractivity contribution in [3.05, 3.63) is 71.3 Å². The summed E-state index contributed by atoms with van der Waals surface area (Å²) in [5, 5.41) is 0. The number of benzene rings is 2. The first-order valence-corrected chi connectivity index (χ1v) is 8.03. The Labute approximate surface area is 133 Å². The molecule has 0 aliphatic carbocycles. The maximum Gasteiger partial charge on any atom is 0.0818 e. The molecule has 1 heterocycles. The van der Waals surface area contributed by atoms with E-state index in [1.165, 1.54) is 16.7 Å². The van der Waals surface area contributed by atoms with Crippen molar-refractivity contribution in [2.75, 3.05) is 13.7 Å². The fourth-order valence-corrected chi connectivity index (χ4v) is 3.53. The van der Waals surface area contributed by atoms with E-state index in [-0.39, 0.29) is 11.6 Å². The Bertz CT molecular complexity index is 621. The molecular weight excluding hydrogens is 270 g/mol. The largest absolute Gasteiger partial charge is 0.377 e. The summed E-state index contributed by atoms with van der Waals surface area (Å²) in [6.45, 7) is 6.42. The second-order valence-electron chi connectivity index (χ2n) is 6.61. The highest BCUT2D eigenvalue weighted by molar-refractivity contribution is 5.34. The second kappa shape index (κ2) is 6.23. The number of methoxy groups -OCH3 is 1. The van der Waals surface area contributed by atoms with Gasteiger partial charge in [0.15, 0.2) is 0 Å². The molecule has 1 atom stereocenters.